The van der Waals surface area contributed by atoms with Crippen molar-refractivity contribution in [2.24, 2.45) is 5.92 Å². The second-order valence-electron chi connectivity index (χ2n) is 5.92. The van der Waals surface area contributed by atoms with E-state index in [9.17, 15) is 4.79 Å². The Hall–Kier alpha value is -2.02. The number of fused-ring (bicyclic) bond motifs is 1. The third kappa shape index (κ3) is 3.75. The fourth-order valence-electron chi connectivity index (χ4n) is 2.78. The van der Waals surface area contributed by atoms with Crippen molar-refractivity contribution in [3.05, 3.63) is 29.3 Å². The van der Waals surface area contributed by atoms with Crippen LogP contribution in [-0.2, 0) is 6.42 Å². The molecule has 0 atom stereocenters. The molecule has 0 fully saturated rings. The lowest BCUT2D eigenvalue weighted by molar-refractivity contribution is 0.0739. The lowest BCUT2D eigenvalue weighted by atomic mass is 9.96. The van der Waals surface area contributed by atoms with Gasteiger partial charge in [0.15, 0.2) is 0 Å². The maximum atomic E-state index is 12.8. The second kappa shape index (κ2) is 7.12. The normalized spacial score (nSPS) is 13.2. The zero-order valence-electron chi connectivity index (χ0n) is 12.9. The minimum Gasteiger partial charge on any atom is -0.385 e. The fraction of sp³-hybridized carbons (Fsp3) is 0.529. The lowest BCUT2D eigenvalue weighted by Crippen LogP contribution is -2.36. The molecule has 4 heteroatoms. The highest BCUT2D eigenvalue weighted by Gasteiger charge is 2.22. The van der Waals surface area contributed by atoms with E-state index in [1.165, 1.54) is 0 Å². The Kier molecular flexibility index (Phi) is 5.21. The maximum absolute atomic E-state index is 12.8. The van der Waals surface area contributed by atoms with Crippen LogP contribution in [0.4, 0.5) is 5.69 Å². The van der Waals surface area contributed by atoms with Crippen molar-refractivity contribution in [1.82, 2.24) is 4.90 Å². The van der Waals surface area contributed by atoms with Crippen LogP contribution in [0.2, 0.25) is 0 Å². The van der Waals surface area contributed by atoms with Crippen molar-refractivity contribution in [3.8, 4) is 6.07 Å². The summed E-state index contributed by atoms with van der Waals surface area (Å²) >= 11 is 0. The zero-order valence-corrected chi connectivity index (χ0v) is 12.9. The quantitative estimate of drug-likeness (QED) is 0.904. The summed E-state index contributed by atoms with van der Waals surface area (Å²) in [7, 11) is 0. The SMILES string of the molecule is CC(C)CN(CCC#N)C(=O)c1cccc2c1CCCN2. The summed E-state index contributed by atoms with van der Waals surface area (Å²) in [5.74, 6) is 0.449. The molecule has 0 saturated heterocycles. The van der Waals surface area contributed by atoms with Gasteiger partial charge in [-0.25, -0.2) is 0 Å². The third-order valence-corrected chi connectivity index (χ3v) is 3.69. The van der Waals surface area contributed by atoms with Gasteiger partial charge in [0.2, 0.25) is 0 Å². The molecule has 0 radical (unpaired) electrons. The lowest BCUT2D eigenvalue weighted by Gasteiger charge is -2.27. The number of nitrogens with one attached hydrogen (secondary N) is 1. The Bertz CT molecular complexity index is 545. The summed E-state index contributed by atoms with van der Waals surface area (Å²) in [6.07, 6.45) is 2.38. The van der Waals surface area contributed by atoms with Crippen molar-refractivity contribution in [2.75, 3.05) is 25.0 Å². The van der Waals surface area contributed by atoms with Gasteiger partial charge in [0.25, 0.3) is 5.91 Å². The molecule has 21 heavy (non-hydrogen) atoms. The number of carbonyl (C=O) groups excluding carboxylic acids is 1. The number of benzene rings is 1. The van der Waals surface area contributed by atoms with E-state index in [0.717, 1.165) is 36.2 Å². The van der Waals surface area contributed by atoms with Crippen molar-refractivity contribution in [1.29, 1.82) is 5.26 Å². The van der Waals surface area contributed by atoms with Gasteiger partial charge in [-0.3, -0.25) is 4.79 Å². The van der Waals surface area contributed by atoms with Crippen LogP contribution < -0.4 is 5.32 Å². The molecular weight excluding hydrogens is 262 g/mol. The number of amides is 1. The van der Waals surface area contributed by atoms with Gasteiger partial charge in [0.1, 0.15) is 0 Å². The molecule has 112 valence electrons. The summed E-state index contributed by atoms with van der Waals surface area (Å²) in [5, 5.41) is 12.2. The summed E-state index contributed by atoms with van der Waals surface area (Å²) in [6, 6.07) is 8.01. The smallest absolute Gasteiger partial charge is 0.254 e. The summed E-state index contributed by atoms with van der Waals surface area (Å²) < 4.78 is 0. The molecule has 1 heterocycles. The van der Waals surface area contributed by atoms with Crippen LogP contribution >= 0.6 is 0 Å². The molecule has 0 aromatic heterocycles. The highest BCUT2D eigenvalue weighted by atomic mass is 16.2. The minimum absolute atomic E-state index is 0.0551. The average molecular weight is 285 g/mol. The van der Waals surface area contributed by atoms with Crippen LogP contribution in [0.3, 0.4) is 0 Å². The first-order chi connectivity index (χ1) is 10.1. The summed E-state index contributed by atoms with van der Waals surface area (Å²) in [6.45, 7) is 6.35. The number of anilines is 1. The molecule has 0 saturated carbocycles. The van der Waals surface area contributed by atoms with Gasteiger partial charge in [-0.05, 0) is 36.5 Å². The van der Waals surface area contributed by atoms with Gasteiger partial charge in [-0.1, -0.05) is 19.9 Å². The minimum atomic E-state index is 0.0551. The van der Waals surface area contributed by atoms with E-state index < -0.39 is 0 Å². The molecule has 1 aromatic rings. The molecule has 0 unspecified atom stereocenters. The first kappa shape index (κ1) is 15.4. The zero-order chi connectivity index (χ0) is 15.2. The van der Waals surface area contributed by atoms with Gasteiger partial charge in [0.05, 0.1) is 12.5 Å². The molecule has 2 rings (SSSR count). The molecular formula is C17H23N3O. The standard InChI is InChI=1S/C17H23N3O/c1-13(2)12-20(11-5-9-18)17(21)15-6-3-8-16-14(15)7-4-10-19-16/h3,6,8,13,19H,4-5,7,10-12H2,1-2H3. The number of rotatable bonds is 5. The molecule has 0 aliphatic carbocycles. The van der Waals surface area contributed by atoms with E-state index in [2.05, 4.69) is 25.2 Å². The molecule has 0 spiro atoms. The fourth-order valence-corrected chi connectivity index (χ4v) is 2.78. The second-order valence-corrected chi connectivity index (χ2v) is 5.92. The van der Waals surface area contributed by atoms with E-state index in [0.29, 0.717) is 25.4 Å². The number of nitrogens with zero attached hydrogens (tertiary/aromatic N) is 2. The number of carbonyl (C=O) groups is 1. The molecule has 1 aliphatic heterocycles. The average Bonchev–Trinajstić information content (AvgIpc) is 2.50. The Morgan fingerprint density at radius 2 is 2.29 bits per heavy atom. The van der Waals surface area contributed by atoms with Crippen molar-refractivity contribution in [2.45, 2.75) is 33.1 Å². The molecule has 0 bridgehead atoms. The van der Waals surface area contributed by atoms with Crippen LogP contribution in [0.15, 0.2) is 18.2 Å². The van der Waals surface area contributed by atoms with Gasteiger partial charge in [-0.15, -0.1) is 0 Å². The van der Waals surface area contributed by atoms with Gasteiger partial charge in [0, 0.05) is 30.9 Å². The van der Waals surface area contributed by atoms with Crippen LogP contribution in [0.25, 0.3) is 0 Å². The van der Waals surface area contributed by atoms with Gasteiger partial charge < -0.3 is 10.2 Å². The monoisotopic (exact) mass is 285 g/mol. The van der Waals surface area contributed by atoms with Crippen molar-refractivity contribution >= 4 is 11.6 Å². The summed E-state index contributed by atoms with van der Waals surface area (Å²) in [4.78, 5) is 14.7. The highest BCUT2D eigenvalue weighted by Crippen LogP contribution is 2.26. The highest BCUT2D eigenvalue weighted by molar-refractivity contribution is 5.97. The Morgan fingerprint density at radius 1 is 1.48 bits per heavy atom. The van der Waals surface area contributed by atoms with Gasteiger partial charge in [-0.2, -0.15) is 5.26 Å². The molecule has 1 aliphatic rings. The van der Waals surface area contributed by atoms with Crippen LogP contribution in [0.5, 0.6) is 0 Å². The maximum Gasteiger partial charge on any atom is 0.254 e. The number of nitriles is 1. The van der Waals surface area contributed by atoms with Crippen LogP contribution in [0.1, 0.15) is 42.6 Å². The van der Waals surface area contributed by atoms with E-state index in [1.807, 2.05) is 23.1 Å². The first-order valence-corrected chi connectivity index (χ1v) is 7.65. The molecule has 1 N–H and O–H groups in total. The number of hydrogen-bond donors (Lipinski definition) is 1. The molecule has 1 aromatic carbocycles. The summed E-state index contributed by atoms with van der Waals surface area (Å²) in [5.41, 5.74) is 3.00. The largest absolute Gasteiger partial charge is 0.385 e. The Morgan fingerprint density at radius 3 is 3.00 bits per heavy atom. The van der Waals surface area contributed by atoms with E-state index in [4.69, 9.17) is 5.26 Å². The Labute approximate surface area is 126 Å². The van der Waals surface area contributed by atoms with Crippen LogP contribution in [0, 0.1) is 17.2 Å². The third-order valence-electron chi connectivity index (χ3n) is 3.69. The topological polar surface area (TPSA) is 56.1 Å². The van der Waals surface area contributed by atoms with Crippen molar-refractivity contribution in [3.63, 3.8) is 0 Å². The van der Waals surface area contributed by atoms with E-state index in [1.54, 1.807) is 0 Å². The van der Waals surface area contributed by atoms with Gasteiger partial charge >= 0.3 is 0 Å². The van der Waals surface area contributed by atoms with Crippen LogP contribution in [-0.4, -0.2) is 30.4 Å². The predicted molar refractivity (Wildman–Crippen MR) is 84.2 cm³/mol. The van der Waals surface area contributed by atoms with E-state index >= 15 is 0 Å². The van der Waals surface area contributed by atoms with Crippen molar-refractivity contribution < 1.29 is 4.79 Å². The number of hydrogen-bond acceptors (Lipinski definition) is 3. The molecule has 1 amide bonds. The Balaban J connectivity index is 2.26. The first-order valence-electron chi connectivity index (χ1n) is 7.65. The van der Waals surface area contributed by atoms with E-state index in [-0.39, 0.29) is 5.91 Å². The molecule has 4 nitrogen and oxygen atoms in total. The predicted octanol–water partition coefficient (Wildman–Crippen LogP) is 3.06.